The van der Waals surface area contributed by atoms with Gasteiger partial charge >= 0.3 is 0 Å². The summed E-state index contributed by atoms with van der Waals surface area (Å²) in [4.78, 5) is 2.65. The van der Waals surface area contributed by atoms with E-state index in [1.165, 1.54) is 19.3 Å². The van der Waals surface area contributed by atoms with E-state index in [1.807, 2.05) is 7.05 Å². The molecule has 2 fully saturated rings. The molecule has 0 radical (unpaired) electrons. The molecule has 3 nitrogen and oxygen atoms in total. The highest BCUT2D eigenvalue weighted by atomic mass is 16.5. The Bertz CT molecular complexity index is 159. The number of nitrogens with zero attached hydrogens (tertiary/aromatic N) is 1. The summed E-state index contributed by atoms with van der Waals surface area (Å²) in [6, 6.07) is 1.57. The third kappa shape index (κ3) is 2.42. The topological polar surface area (TPSA) is 24.5 Å². The van der Waals surface area contributed by atoms with Crippen molar-refractivity contribution in [2.75, 3.05) is 33.4 Å². The normalized spacial score (nSPS) is 30.7. The van der Waals surface area contributed by atoms with Crippen LogP contribution >= 0.6 is 0 Å². The lowest BCUT2D eigenvalue weighted by Gasteiger charge is -2.35. The molecule has 1 saturated heterocycles. The molecule has 2 rings (SSSR count). The van der Waals surface area contributed by atoms with Crippen LogP contribution in [0.15, 0.2) is 0 Å². The predicted molar refractivity (Wildman–Crippen MR) is 52.9 cm³/mol. The van der Waals surface area contributed by atoms with Crippen LogP contribution in [0.4, 0.5) is 0 Å². The van der Waals surface area contributed by atoms with Crippen molar-refractivity contribution >= 4 is 0 Å². The SMILES string of the molecule is CNCCC1COCCN1C1CC1. The molecule has 0 aromatic carbocycles. The molecule has 0 spiro atoms. The highest BCUT2D eigenvalue weighted by Crippen LogP contribution is 2.30. The molecule has 0 aromatic heterocycles. The fourth-order valence-electron chi connectivity index (χ4n) is 2.11. The van der Waals surface area contributed by atoms with Crippen molar-refractivity contribution in [3.05, 3.63) is 0 Å². The van der Waals surface area contributed by atoms with Gasteiger partial charge in [-0.25, -0.2) is 0 Å². The molecule has 1 aliphatic carbocycles. The van der Waals surface area contributed by atoms with Crippen LogP contribution < -0.4 is 5.32 Å². The van der Waals surface area contributed by atoms with Crippen LogP contribution in [-0.4, -0.2) is 50.3 Å². The Morgan fingerprint density at radius 1 is 1.46 bits per heavy atom. The molecule has 1 saturated carbocycles. The molecule has 0 bridgehead atoms. The average molecular weight is 184 g/mol. The third-order valence-electron chi connectivity index (χ3n) is 3.02. The summed E-state index contributed by atoms with van der Waals surface area (Å²) in [6.45, 7) is 4.14. The first kappa shape index (κ1) is 9.44. The molecule has 0 amide bonds. The van der Waals surface area contributed by atoms with E-state index >= 15 is 0 Å². The van der Waals surface area contributed by atoms with Crippen LogP contribution in [-0.2, 0) is 4.74 Å². The Morgan fingerprint density at radius 3 is 3.00 bits per heavy atom. The second-order valence-electron chi connectivity index (χ2n) is 4.09. The van der Waals surface area contributed by atoms with Crippen LogP contribution in [0.2, 0.25) is 0 Å². The minimum Gasteiger partial charge on any atom is -0.378 e. The zero-order chi connectivity index (χ0) is 9.10. The average Bonchev–Trinajstić information content (AvgIpc) is 2.98. The molecule has 2 aliphatic rings. The van der Waals surface area contributed by atoms with Gasteiger partial charge in [0, 0.05) is 18.6 Å². The zero-order valence-corrected chi connectivity index (χ0v) is 8.46. The standard InChI is InChI=1S/C10H20N2O/c1-11-5-4-10-8-13-7-6-12(10)9-2-3-9/h9-11H,2-8H2,1H3. The lowest BCUT2D eigenvalue weighted by atomic mass is 10.1. The molecule has 1 heterocycles. The van der Waals surface area contributed by atoms with Gasteiger partial charge in [-0.1, -0.05) is 0 Å². The molecule has 3 heteroatoms. The number of hydrogen-bond acceptors (Lipinski definition) is 3. The molecule has 13 heavy (non-hydrogen) atoms. The molecule has 76 valence electrons. The molecule has 0 aromatic rings. The first-order valence-corrected chi connectivity index (χ1v) is 5.40. The van der Waals surface area contributed by atoms with Gasteiger partial charge in [-0.05, 0) is 32.9 Å². The molecule has 1 atom stereocenters. The van der Waals surface area contributed by atoms with Gasteiger partial charge in [-0.2, -0.15) is 0 Å². The molecule has 1 unspecified atom stereocenters. The van der Waals surface area contributed by atoms with Crippen molar-refractivity contribution in [1.82, 2.24) is 10.2 Å². The summed E-state index contributed by atoms with van der Waals surface area (Å²) in [5.74, 6) is 0. The Kier molecular flexibility index (Phi) is 3.19. The number of nitrogens with one attached hydrogen (secondary N) is 1. The largest absolute Gasteiger partial charge is 0.378 e. The smallest absolute Gasteiger partial charge is 0.0623 e. The molecule has 1 N–H and O–H groups in total. The minimum absolute atomic E-state index is 0.675. The molecular weight excluding hydrogens is 164 g/mol. The fourth-order valence-corrected chi connectivity index (χ4v) is 2.11. The summed E-state index contributed by atoms with van der Waals surface area (Å²) < 4.78 is 5.52. The van der Waals surface area contributed by atoms with Crippen molar-refractivity contribution in [3.8, 4) is 0 Å². The molecule has 1 aliphatic heterocycles. The summed E-state index contributed by atoms with van der Waals surface area (Å²) in [5, 5.41) is 3.21. The monoisotopic (exact) mass is 184 g/mol. The van der Waals surface area contributed by atoms with E-state index in [0.29, 0.717) is 6.04 Å². The fraction of sp³-hybridized carbons (Fsp3) is 1.00. The van der Waals surface area contributed by atoms with Gasteiger partial charge in [-0.3, -0.25) is 4.90 Å². The van der Waals surface area contributed by atoms with Gasteiger partial charge in [0.15, 0.2) is 0 Å². The van der Waals surface area contributed by atoms with E-state index < -0.39 is 0 Å². The highest BCUT2D eigenvalue weighted by molar-refractivity contribution is 4.90. The van der Waals surface area contributed by atoms with E-state index in [-0.39, 0.29) is 0 Å². The van der Waals surface area contributed by atoms with E-state index in [9.17, 15) is 0 Å². The van der Waals surface area contributed by atoms with Gasteiger partial charge < -0.3 is 10.1 Å². The van der Waals surface area contributed by atoms with Gasteiger partial charge in [0.1, 0.15) is 0 Å². The Hall–Kier alpha value is -0.120. The molecular formula is C10H20N2O. The van der Waals surface area contributed by atoms with Crippen LogP contribution in [0.25, 0.3) is 0 Å². The number of morpholine rings is 1. The van der Waals surface area contributed by atoms with Crippen molar-refractivity contribution in [3.63, 3.8) is 0 Å². The van der Waals surface area contributed by atoms with Gasteiger partial charge in [0.25, 0.3) is 0 Å². The Labute approximate surface area is 80.4 Å². The first-order valence-electron chi connectivity index (χ1n) is 5.40. The second-order valence-corrected chi connectivity index (χ2v) is 4.09. The van der Waals surface area contributed by atoms with Crippen molar-refractivity contribution < 1.29 is 4.74 Å². The van der Waals surface area contributed by atoms with Crippen LogP contribution in [0.3, 0.4) is 0 Å². The maximum Gasteiger partial charge on any atom is 0.0623 e. The van der Waals surface area contributed by atoms with E-state index in [0.717, 1.165) is 32.3 Å². The number of rotatable bonds is 4. The highest BCUT2D eigenvalue weighted by Gasteiger charge is 2.35. The van der Waals surface area contributed by atoms with E-state index in [2.05, 4.69) is 10.2 Å². The maximum atomic E-state index is 5.52. The van der Waals surface area contributed by atoms with Crippen LogP contribution in [0.1, 0.15) is 19.3 Å². The van der Waals surface area contributed by atoms with Crippen LogP contribution in [0, 0.1) is 0 Å². The number of hydrogen-bond donors (Lipinski definition) is 1. The summed E-state index contributed by atoms with van der Waals surface area (Å²) in [6.07, 6.45) is 4.05. The zero-order valence-electron chi connectivity index (χ0n) is 8.46. The lowest BCUT2D eigenvalue weighted by Crippen LogP contribution is -2.47. The van der Waals surface area contributed by atoms with E-state index in [4.69, 9.17) is 4.74 Å². The maximum absolute atomic E-state index is 5.52. The first-order chi connectivity index (χ1) is 6.42. The second kappa shape index (κ2) is 4.40. The summed E-state index contributed by atoms with van der Waals surface area (Å²) in [5.41, 5.74) is 0. The predicted octanol–water partition coefficient (Wildman–Crippen LogP) is 0.459. The van der Waals surface area contributed by atoms with Crippen LogP contribution in [0.5, 0.6) is 0 Å². The van der Waals surface area contributed by atoms with E-state index in [1.54, 1.807) is 0 Å². The summed E-state index contributed by atoms with van der Waals surface area (Å²) in [7, 11) is 2.02. The quantitative estimate of drug-likeness (QED) is 0.687. The third-order valence-corrected chi connectivity index (χ3v) is 3.02. The Morgan fingerprint density at radius 2 is 2.31 bits per heavy atom. The Balaban J connectivity index is 1.81. The van der Waals surface area contributed by atoms with Crippen molar-refractivity contribution in [1.29, 1.82) is 0 Å². The van der Waals surface area contributed by atoms with Gasteiger partial charge in [-0.15, -0.1) is 0 Å². The van der Waals surface area contributed by atoms with Gasteiger partial charge in [0.2, 0.25) is 0 Å². The minimum atomic E-state index is 0.675. The summed E-state index contributed by atoms with van der Waals surface area (Å²) >= 11 is 0. The lowest BCUT2D eigenvalue weighted by molar-refractivity contribution is -0.0142. The number of ether oxygens (including phenoxy) is 1. The van der Waals surface area contributed by atoms with Crippen molar-refractivity contribution in [2.24, 2.45) is 0 Å². The van der Waals surface area contributed by atoms with Crippen molar-refractivity contribution in [2.45, 2.75) is 31.3 Å². The van der Waals surface area contributed by atoms with Gasteiger partial charge in [0.05, 0.1) is 13.2 Å².